The van der Waals surface area contributed by atoms with Crippen molar-refractivity contribution in [3.8, 4) is 0 Å². The Kier molecular flexibility index (Phi) is 17.4. The van der Waals surface area contributed by atoms with Gasteiger partial charge >= 0.3 is 5.97 Å². The first-order valence-corrected chi connectivity index (χ1v) is 19.0. The molecule has 3 fully saturated rings. The monoisotopic (exact) mass is 619 g/mol. The van der Waals surface area contributed by atoms with Crippen LogP contribution in [-0.4, -0.2) is 48.7 Å². The van der Waals surface area contributed by atoms with E-state index in [4.69, 9.17) is 9.47 Å². The van der Waals surface area contributed by atoms with Gasteiger partial charge in [0.15, 0.2) is 0 Å². The van der Waals surface area contributed by atoms with Gasteiger partial charge in [-0.1, -0.05) is 104 Å². The van der Waals surface area contributed by atoms with E-state index in [0.29, 0.717) is 25.6 Å². The third-order valence-electron chi connectivity index (χ3n) is 12.7. The maximum absolute atomic E-state index is 11.7. The third-order valence-corrected chi connectivity index (χ3v) is 12.7. The molecule has 0 radical (unpaired) electrons. The van der Waals surface area contributed by atoms with Crippen LogP contribution < -0.4 is 0 Å². The molecule has 5 nitrogen and oxygen atoms in total. The third kappa shape index (κ3) is 11.7. The minimum absolute atomic E-state index is 0.0155. The van der Waals surface area contributed by atoms with E-state index in [1.54, 1.807) is 0 Å². The second-order valence-corrected chi connectivity index (χ2v) is 15.3. The zero-order chi connectivity index (χ0) is 31.8. The lowest BCUT2D eigenvalue weighted by Gasteiger charge is -2.45. The molecule has 0 aromatic carbocycles. The number of carbonyl (C=O) groups excluding carboxylic acids is 1. The van der Waals surface area contributed by atoms with Gasteiger partial charge in [-0.05, 0) is 92.8 Å². The molecule has 3 aliphatic carbocycles. The van der Waals surface area contributed by atoms with Crippen LogP contribution in [0, 0.1) is 46.8 Å². The van der Waals surface area contributed by atoms with Crippen LogP contribution in [0.2, 0.25) is 0 Å². The fourth-order valence-corrected chi connectivity index (χ4v) is 9.29. The molecule has 3 aliphatic rings. The summed E-state index contributed by atoms with van der Waals surface area (Å²) in [6.45, 7) is 11.2. The van der Waals surface area contributed by atoms with E-state index in [1.165, 1.54) is 102 Å². The average Bonchev–Trinajstić information content (AvgIpc) is 3.07. The van der Waals surface area contributed by atoms with Crippen molar-refractivity contribution in [1.82, 2.24) is 0 Å². The zero-order valence-electron chi connectivity index (χ0n) is 29.0. The van der Waals surface area contributed by atoms with Crippen molar-refractivity contribution >= 4 is 5.97 Å². The summed E-state index contributed by atoms with van der Waals surface area (Å²) in [5.74, 6) is 5.32. The van der Waals surface area contributed by atoms with E-state index in [1.807, 2.05) is 6.92 Å². The van der Waals surface area contributed by atoms with Gasteiger partial charge in [0.2, 0.25) is 0 Å². The molecule has 0 aromatic heterocycles. The highest BCUT2D eigenvalue weighted by Gasteiger charge is 2.40. The highest BCUT2D eigenvalue weighted by atomic mass is 16.5. The van der Waals surface area contributed by atoms with Crippen LogP contribution in [0.4, 0.5) is 0 Å². The number of hydrogen-bond acceptors (Lipinski definition) is 5. The molecule has 0 spiro atoms. The Morgan fingerprint density at radius 3 is 2.11 bits per heavy atom. The van der Waals surface area contributed by atoms with Crippen LogP contribution in [0.5, 0.6) is 0 Å². The lowest BCUT2D eigenvalue weighted by atomic mass is 9.62. The normalized spacial score (nSPS) is 31.5. The van der Waals surface area contributed by atoms with Crippen molar-refractivity contribution in [2.75, 3.05) is 26.4 Å². The minimum Gasteiger partial charge on any atom is -0.463 e. The molecular formula is C39H70O5. The number of aliphatic hydroxyl groups is 2. The Bertz CT molecular complexity index is 777. The largest absolute Gasteiger partial charge is 0.463 e. The molecule has 3 saturated carbocycles. The summed E-state index contributed by atoms with van der Waals surface area (Å²) in [5, 5.41) is 19.7. The zero-order valence-corrected chi connectivity index (χ0v) is 29.0. The van der Waals surface area contributed by atoms with Crippen molar-refractivity contribution in [2.45, 2.75) is 155 Å². The Balaban J connectivity index is 1.49. The molecule has 0 amide bonds. The molecule has 0 saturated heterocycles. The number of unbranched alkanes of at least 4 members (excludes halogenated alkanes) is 2. The van der Waals surface area contributed by atoms with Crippen LogP contribution in [0.3, 0.4) is 0 Å². The summed E-state index contributed by atoms with van der Waals surface area (Å²) in [7, 11) is 0. The van der Waals surface area contributed by atoms with Gasteiger partial charge in [0, 0.05) is 18.1 Å². The first-order valence-electron chi connectivity index (χ1n) is 19.0. The second-order valence-electron chi connectivity index (χ2n) is 15.3. The first-order chi connectivity index (χ1) is 21.4. The van der Waals surface area contributed by atoms with E-state index in [9.17, 15) is 15.0 Å². The molecule has 2 N–H and O–H groups in total. The molecule has 5 heteroatoms. The summed E-state index contributed by atoms with van der Waals surface area (Å²) in [5.41, 5.74) is -0.465. The maximum atomic E-state index is 11.7. The highest BCUT2D eigenvalue weighted by Crippen LogP contribution is 2.48. The van der Waals surface area contributed by atoms with Crippen LogP contribution >= 0.6 is 0 Å². The number of hydrogen-bond donors (Lipinski definition) is 2. The van der Waals surface area contributed by atoms with Gasteiger partial charge in [-0.2, -0.15) is 0 Å². The van der Waals surface area contributed by atoms with E-state index in [2.05, 4.69) is 20.4 Å². The van der Waals surface area contributed by atoms with Crippen LogP contribution in [0.1, 0.15) is 149 Å². The number of aliphatic hydroxyl groups excluding tert-OH is 2. The second kappa shape index (κ2) is 20.4. The summed E-state index contributed by atoms with van der Waals surface area (Å²) in [4.78, 5) is 11.7. The fraction of sp³-hybridized carbons (Fsp3) is 0.923. The van der Waals surface area contributed by atoms with Crippen molar-refractivity contribution in [3.63, 3.8) is 0 Å². The fourth-order valence-electron chi connectivity index (χ4n) is 9.29. The van der Waals surface area contributed by atoms with Crippen LogP contribution in [0.25, 0.3) is 0 Å². The summed E-state index contributed by atoms with van der Waals surface area (Å²) in [6.07, 6.45) is 27.1. The van der Waals surface area contributed by atoms with E-state index in [-0.39, 0.29) is 25.3 Å². The number of ether oxygens (including phenoxy) is 2. The van der Waals surface area contributed by atoms with Crippen molar-refractivity contribution in [3.05, 3.63) is 12.7 Å². The number of esters is 1. The molecule has 256 valence electrons. The molecule has 6 atom stereocenters. The van der Waals surface area contributed by atoms with Gasteiger partial charge in [0.1, 0.15) is 0 Å². The molecule has 44 heavy (non-hydrogen) atoms. The summed E-state index contributed by atoms with van der Waals surface area (Å²) < 4.78 is 11.9. The quantitative estimate of drug-likeness (QED) is 0.0808. The molecule has 3 rings (SSSR count). The lowest BCUT2D eigenvalue weighted by Crippen LogP contribution is -2.39. The number of carbonyl (C=O) groups is 1. The Morgan fingerprint density at radius 2 is 1.48 bits per heavy atom. The van der Waals surface area contributed by atoms with Gasteiger partial charge in [-0.15, -0.1) is 0 Å². The van der Waals surface area contributed by atoms with E-state index >= 15 is 0 Å². The van der Waals surface area contributed by atoms with Crippen molar-refractivity contribution in [2.24, 2.45) is 46.8 Å². The molecule has 0 aliphatic heterocycles. The summed E-state index contributed by atoms with van der Waals surface area (Å²) in [6, 6.07) is 0. The smallest absolute Gasteiger partial charge is 0.330 e. The van der Waals surface area contributed by atoms with Gasteiger partial charge in [0.25, 0.3) is 0 Å². The standard InChI is InChI=1S/C39H70O5/c1-5-9-10-11-30-12-14-31(15-13-30)16-17-32-18-20-36(33(6-2)26-32)34-19-21-37(35(27-34)22-24-44-38(42)7-3)43-25-23-39(8-4,28-40)29-41/h7,30-37,40-41H,3,5-6,8-29H2,1-2,4H3. The van der Waals surface area contributed by atoms with Crippen LogP contribution in [0.15, 0.2) is 12.7 Å². The van der Waals surface area contributed by atoms with Crippen LogP contribution in [-0.2, 0) is 14.3 Å². The van der Waals surface area contributed by atoms with Gasteiger partial charge < -0.3 is 19.7 Å². The highest BCUT2D eigenvalue weighted by molar-refractivity contribution is 5.81. The predicted octanol–water partition coefficient (Wildman–Crippen LogP) is 9.29. The number of rotatable bonds is 20. The van der Waals surface area contributed by atoms with E-state index < -0.39 is 5.41 Å². The topological polar surface area (TPSA) is 76.0 Å². The minimum atomic E-state index is -0.465. The Labute approximate surface area is 271 Å². The van der Waals surface area contributed by atoms with E-state index in [0.717, 1.165) is 61.2 Å². The molecule has 6 unspecified atom stereocenters. The predicted molar refractivity (Wildman–Crippen MR) is 181 cm³/mol. The van der Waals surface area contributed by atoms with Crippen molar-refractivity contribution < 1.29 is 24.5 Å². The SMILES string of the molecule is C=CC(=O)OCCC1CC(C2CCC(CCC3CCC(CCCCC)CC3)CC2CC)CCC1OCCC(CC)(CO)CO. The Morgan fingerprint density at radius 1 is 0.795 bits per heavy atom. The molecule has 0 heterocycles. The molecule has 0 bridgehead atoms. The maximum Gasteiger partial charge on any atom is 0.330 e. The van der Waals surface area contributed by atoms with Gasteiger partial charge in [-0.3, -0.25) is 0 Å². The lowest BCUT2D eigenvalue weighted by molar-refractivity contribution is -0.139. The van der Waals surface area contributed by atoms with Gasteiger partial charge in [0.05, 0.1) is 25.9 Å². The Hall–Kier alpha value is -0.910. The summed E-state index contributed by atoms with van der Waals surface area (Å²) >= 11 is 0. The molecule has 0 aromatic rings. The average molecular weight is 619 g/mol. The van der Waals surface area contributed by atoms with Crippen molar-refractivity contribution in [1.29, 1.82) is 0 Å². The first kappa shape index (κ1) is 37.5. The molecular weight excluding hydrogens is 548 g/mol. The van der Waals surface area contributed by atoms with Gasteiger partial charge in [-0.25, -0.2) is 4.79 Å².